The van der Waals surface area contributed by atoms with Crippen LogP contribution in [0.2, 0.25) is 0 Å². The van der Waals surface area contributed by atoms with Crippen molar-refractivity contribution >= 4 is 64.4 Å². The molecule has 0 fully saturated rings. The van der Waals surface area contributed by atoms with E-state index in [-0.39, 0.29) is 0 Å². The number of hydrogen-bond acceptors (Lipinski definition) is 7. The second-order valence-corrected chi connectivity index (χ2v) is 13.8. The Kier molecular flexibility index (Phi) is 7.37. The van der Waals surface area contributed by atoms with Crippen LogP contribution in [0.4, 0.5) is 5.69 Å². The standard InChI is InChI=1S/C32H30N4O2S3/c1-5-35(6-2)41(37,38)25-13-11-12-24(20-25)36-21(3)18-23(19-22(36)4)30(31-33-26-14-7-9-16-28(26)39-31)32-34-27-15-8-10-17-29(27)40-32/h7-20H,5-6H2,1-4H3. The van der Waals surface area contributed by atoms with E-state index in [1.54, 1.807) is 34.8 Å². The molecule has 0 saturated heterocycles. The minimum Gasteiger partial charge on any atom is -0.318 e. The van der Waals surface area contributed by atoms with Crippen molar-refractivity contribution in [3.05, 3.63) is 112 Å². The van der Waals surface area contributed by atoms with Crippen LogP contribution in [0.25, 0.3) is 26.0 Å². The first kappa shape index (κ1) is 27.5. The van der Waals surface area contributed by atoms with E-state index in [1.165, 1.54) is 4.31 Å². The predicted molar refractivity (Wildman–Crippen MR) is 172 cm³/mol. The minimum atomic E-state index is -3.57. The summed E-state index contributed by atoms with van der Waals surface area (Å²) in [7, 11) is -3.57. The maximum absolute atomic E-state index is 13.3. The Balaban J connectivity index is 1.49. The molecule has 0 N–H and O–H groups in total. The van der Waals surface area contributed by atoms with Gasteiger partial charge >= 0.3 is 0 Å². The zero-order chi connectivity index (χ0) is 28.7. The first-order valence-electron chi connectivity index (χ1n) is 13.5. The molecule has 1 aliphatic heterocycles. The van der Waals surface area contributed by atoms with Crippen molar-refractivity contribution in [1.82, 2.24) is 14.3 Å². The van der Waals surface area contributed by atoms with Gasteiger partial charge in [-0.25, -0.2) is 18.4 Å². The molecule has 5 aromatic rings. The fraction of sp³-hybridized carbons (Fsp3) is 0.188. The van der Waals surface area contributed by atoms with E-state index in [0.29, 0.717) is 18.0 Å². The summed E-state index contributed by atoms with van der Waals surface area (Å²) in [6, 6.07) is 23.6. The van der Waals surface area contributed by atoms with Crippen LogP contribution in [0, 0.1) is 0 Å². The smallest absolute Gasteiger partial charge is 0.243 e. The molecule has 0 bridgehead atoms. The van der Waals surface area contributed by atoms with Crippen molar-refractivity contribution in [1.29, 1.82) is 0 Å². The van der Waals surface area contributed by atoms with E-state index >= 15 is 0 Å². The highest BCUT2D eigenvalue weighted by Gasteiger charge is 2.26. The maximum atomic E-state index is 13.3. The summed E-state index contributed by atoms with van der Waals surface area (Å²) in [5.74, 6) is 0. The number of rotatable bonds is 7. The van der Waals surface area contributed by atoms with Gasteiger partial charge in [-0.05, 0) is 74.0 Å². The summed E-state index contributed by atoms with van der Waals surface area (Å²) in [5.41, 5.74) is 6.74. The molecule has 0 aliphatic carbocycles. The molecule has 0 spiro atoms. The first-order valence-corrected chi connectivity index (χ1v) is 16.6. The predicted octanol–water partition coefficient (Wildman–Crippen LogP) is 8.07. The molecule has 0 amide bonds. The van der Waals surface area contributed by atoms with Gasteiger partial charge in [0.2, 0.25) is 10.0 Å². The quantitative estimate of drug-likeness (QED) is 0.190. The molecule has 41 heavy (non-hydrogen) atoms. The van der Waals surface area contributed by atoms with Crippen LogP contribution < -0.4 is 4.90 Å². The van der Waals surface area contributed by atoms with E-state index in [0.717, 1.165) is 58.7 Å². The second-order valence-electron chi connectivity index (χ2n) is 9.80. The van der Waals surface area contributed by atoms with Crippen molar-refractivity contribution in [2.45, 2.75) is 32.6 Å². The average Bonchev–Trinajstić information content (AvgIpc) is 3.58. The van der Waals surface area contributed by atoms with E-state index in [4.69, 9.17) is 9.97 Å². The Morgan fingerprint density at radius 1 is 0.780 bits per heavy atom. The lowest BCUT2D eigenvalue weighted by molar-refractivity contribution is 0.445. The molecule has 9 heteroatoms. The number of hydrogen-bond donors (Lipinski definition) is 0. The van der Waals surface area contributed by atoms with Crippen LogP contribution in [0.15, 0.2) is 107 Å². The van der Waals surface area contributed by atoms with Crippen molar-refractivity contribution in [2.75, 3.05) is 18.0 Å². The van der Waals surface area contributed by atoms with Gasteiger partial charge in [0.15, 0.2) is 0 Å². The molecule has 208 valence electrons. The molecule has 6 nitrogen and oxygen atoms in total. The van der Waals surface area contributed by atoms with Crippen molar-refractivity contribution in [3.8, 4) is 0 Å². The fourth-order valence-corrected chi connectivity index (χ4v) is 8.87. The third kappa shape index (κ3) is 5.04. The lowest BCUT2D eigenvalue weighted by Crippen LogP contribution is -2.30. The Labute approximate surface area is 248 Å². The number of anilines is 1. The SMILES string of the molecule is CCN(CC)S(=O)(=O)c1cccc(N2C(C)=CC(=C(c3nc4ccccc4s3)c3nc4ccccc4s3)C=C2C)c1. The van der Waals surface area contributed by atoms with E-state index < -0.39 is 10.0 Å². The lowest BCUT2D eigenvalue weighted by atomic mass is 10.0. The summed E-state index contributed by atoms with van der Waals surface area (Å²) < 4.78 is 30.3. The number of para-hydroxylation sites is 2. The highest BCUT2D eigenvalue weighted by molar-refractivity contribution is 7.89. The van der Waals surface area contributed by atoms with Crippen molar-refractivity contribution in [2.24, 2.45) is 0 Å². The van der Waals surface area contributed by atoms with Gasteiger partial charge in [-0.15, -0.1) is 22.7 Å². The van der Waals surface area contributed by atoms with Gasteiger partial charge < -0.3 is 4.90 Å². The number of allylic oxidation sites excluding steroid dienone is 5. The van der Waals surface area contributed by atoms with Crippen molar-refractivity contribution < 1.29 is 8.42 Å². The summed E-state index contributed by atoms with van der Waals surface area (Å²) >= 11 is 3.34. The zero-order valence-corrected chi connectivity index (χ0v) is 25.8. The van der Waals surface area contributed by atoms with Gasteiger partial charge in [-0.3, -0.25) is 0 Å². The van der Waals surface area contributed by atoms with Crippen LogP contribution in [0.1, 0.15) is 37.7 Å². The summed E-state index contributed by atoms with van der Waals surface area (Å²) in [6.45, 7) is 8.68. The normalized spacial score (nSPS) is 14.2. The maximum Gasteiger partial charge on any atom is 0.243 e. The van der Waals surface area contributed by atoms with Crippen molar-refractivity contribution in [3.63, 3.8) is 0 Å². The van der Waals surface area contributed by atoms with Gasteiger partial charge in [-0.2, -0.15) is 4.31 Å². The highest BCUT2D eigenvalue weighted by Crippen LogP contribution is 2.40. The minimum absolute atomic E-state index is 0.297. The molecule has 3 heterocycles. The third-order valence-corrected chi connectivity index (χ3v) is 11.3. The fourth-order valence-electron chi connectivity index (χ4n) is 5.24. The van der Waals surface area contributed by atoms with E-state index in [9.17, 15) is 8.42 Å². The van der Waals surface area contributed by atoms with Gasteiger partial charge in [0.25, 0.3) is 0 Å². The highest BCUT2D eigenvalue weighted by atomic mass is 32.2. The Bertz CT molecular complexity index is 1810. The van der Waals surface area contributed by atoms with E-state index in [2.05, 4.69) is 43.0 Å². The number of thiazole rings is 2. The Hall–Kier alpha value is -3.63. The number of nitrogens with zero attached hydrogens (tertiary/aromatic N) is 4. The second kappa shape index (κ2) is 11.0. The number of fused-ring (bicyclic) bond motifs is 2. The molecule has 0 unspecified atom stereocenters. The number of benzene rings is 3. The average molecular weight is 599 g/mol. The third-order valence-electron chi connectivity index (χ3n) is 7.16. The summed E-state index contributed by atoms with van der Waals surface area (Å²) in [6.07, 6.45) is 4.29. The number of aromatic nitrogens is 2. The molecule has 2 aromatic heterocycles. The lowest BCUT2D eigenvalue weighted by Gasteiger charge is -2.31. The topological polar surface area (TPSA) is 66.4 Å². The Morgan fingerprint density at radius 3 is 1.83 bits per heavy atom. The molecule has 6 rings (SSSR count). The summed E-state index contributed by atoms with van der Waals surface area (Å²) in [5, 5.41) is 1.85. The van der Waals surface area contributed by atoms with Crippen LogP contribution in [0.3, 0.4) is 0 Å². The van der Waals surface area contributed by atoms with Gasteiger partial charge in [0, 0.05) is 30.2 Å². The van der Waals surface area contributed by atoms with Gasteiger partial charge in [0.1, 0.15) is 10.0 Å². The zero-order valence-electron chi connectivity index (χ0n) is 23.3. The Morgan fingerprint density at radius 2 is 1.32 bits per heavy atom. The van der Waals surface area contributed by atoms with Crippen LogP contribution in [-0.2, 0) is 10.0 Å². The van der Waals surface area contributed by atoms with Gasteiger partial charge in [-0.1, -0.05) is 44.2 Å². The molecule has 1 aliphatic rings. The molecule has 0 radical (unpaired) electrons. The van der Waals surface area contributed by atoms with Crippen LogP contribution in [-0.4, -0.2) is 35.8 Å². The largest absolute Gasteiger partial charge is 0.318 e. The van der Waals surface area contributed by atoms with Gasteiger partial charge in [0.05, 0.1) is 30.9 Å². The summed E-state index contributed by atoms with van der Waals surface area (Å²) in [4.78, 5) is 12.4. The molecule has 0 saturated carbocycles. The molecule has 3 aromatic carbocycles. The first-order chi connectivity index (χ1) is 19.8. The van der Waals surface area contributed by atoms with E-state index in [1.807, 2.05) is 62.4 Å². The molecular weight excluding hydrogens is 569 g/mol. The van der Waals surface area contributed by atoms with Crippen LogP contribution in [0.5, 0.6) is 0 Å². The van der Waals surface area contributed by atoms with Crippen LogP contribution >= 0.6 is 22.7 Å². The number of sulfonamides is 1. The molecular formula is C32H30N4O2S3. The molecule has 0 atom stereocenters. The monoisotopic (exact) mass is 598 g/mol.